The van der Waals surface area contributed by atoms with Gasteiger partial charge in [0, 0.05) is 18.5 Å². The molecule has 0 unspecified atom stereocenters. The Bertz CT molecular complexity index is 824. The van der Waals surface area contributed by atoms with Crippen molar-refractivity contribution in [1.29, 1.82) is 0 Å². The quantitative estimate of drug-likeness (QED) is 0.838. The van der Waals surface area contributed by atoms with E-state index in [0.717, 1.165) is 48.3 Å². The minimum Gasteiger partial charge on any atom is -0.476 e. The maximum Gasteiger partial charge on any atom is 0.270 e. The van der Waals surface area contributed by atoms with Crippen molar-refractivity contribution in [3.8, 4) is 5.75 Å². The zero-order valence-corrected chi connectivity index (χ0v) is 17.8. The van der Waals surface area contributed by atoms with Crippen LogP contribution in [-0.4, -0.2) is 29.5 Å². The molecule has 0 saturated heterocycles. The van der Waals surface area contributed by atoms with Gasteiger partial charge in [0.15, 0.2) is 5.60 Å². The molecule has 0 spiro atoms. The number of fused-ring (bicyclic) bond motifs is 1. The van der Waals surface area contributed by atoms with Crippen molar-refractivity contribution in [2.45, 2.75) is 76.9 Å². The Balaban J connectivity index is 1.29. The molecule has 4 aliphatic carbocycles. The summed E-state index contributed by atoms with van der Waals surface area (Å²) in [5, 5.41) is 3.43. The highest BCUT2D eigenvalue weighted by molar-refractivity contribution is 6.02. The number of rotatable bonds is 4. The third-order valence-corrected chi connectivity index (χ3v) is 7.54. The number of hydrogen-bond donors (Lipinski definition) is 1. The fourth-order valence-corrected chi connectivity index (χ4v) is 6.73. The molecule has 1 aromatic carbocycles. The highest BCUT2D eigenvalue weighted by Gasteiger charge is 2.51. The van der Waals surface area contributed by atoms with Gasteiger partial charge in [-0.2, -0.15) is 0 Å². The van der Waals surface area contributed by atoms with Gasteiger partial charge in [-0.25, -0.2) is 0 Å². The fourth-order valence-electron chi connectivity index (χ4n) is 6.73. The largest absolute Gasteiger partial charge is 0.476 e. The lowest BCUT2D eigenvalue weighted by Gasteiger charge is -2.57. The number of carbonyl (C=O) groups excluding carboxylic acids is 2. The predicted molar refractivity (Wildman–Crippen MR) is 112 cm³/mol. The fraction of sp³-hybridized carbons (Fsp3) is 0.667. The monoisotopic (exact) mass is 396 g/mol. The van der Waals surface area contributed by atoms with Crippen LogP contribution in [0.3, 0.4) is 0 Å². The van der Waals surface area contributed by atoms with Crippen LogP contribution < -0.4 is 15.0 Å². The Morgan fingerprint density at radius 3 is 2.38 bits per heavy atom. The highest BCUT2D eigenvalue weighted by Crippen LogP contribution is 2.55. The van der Waals surface area contributed by atoms with Gasteiger partial charge in [-0.15, -0.1) is 0 Å². The number of amides is 2. The first-order valence-electron chi connectivity index (χ1n) is 11.2. The summed E-state index contributed by atoms with van der Waals surface area (Å²) in [7, 11) is 0. The zero-order valence-electron chi connectivity index (χ0n) is 17.8. The number of nitrogens with zero attached hydrogens (tertiary/aromatic N) is 1. The molecule has 5 aliphatic rings. The Hall–Kier alpha value is -2.04. The van der Waals surface area contributed by atoms with Gasteiger partial charge in [-0.05, 0) is 94.7 Å². The summed E-state index contributed by atoms with van der Waals surface area (Å²) < 4.78 is 5.92. The van der Waals surface area contributed by atoms with Gasteiger partial charge in [-0.1, -0.05) is 6.07 Å². The molecule has 1 N–H and O–H groups in total. The smallest absolute Gasteiger partial charge is 0.270 e. The third-order valence-electron chi connectivity index (χ3n) is 7.54. The molecule has 5 nitrogen and oxygen atoms in total. The van der Waals surface area contributed by atoms with E-state index in [1.54, 1.807) is 18.7 Å². The van der Waals surface area contributed by atoms with Crippen molar-refractivity contribution >= 4 is 17.5 Å². The summed E-state index contributed by atoms with van der Waals surface area (Å²) in [5.74, 6) is 3.12. The van der Waals surface area contributed by atoms with Crippen LogP contribution in [-0.2, 0) is 9.59 Å². The Morgan fingerprint density at radius 1 is 1.14 bits per heavy atom. The van der Waals surface area contributed by atoms with Gasteiger partial charge >= 0.3 is 0 Å². The van der Waals surface area contributed by atoms with Crippen LogP contribution in [0.4, 0.5) is 5.69 Å². The maximum atomic E-state index is 13.0. The molecule has 5 heteroatoms. The van der Waals surface area contributed by atoms with Crippen LogP contribution in [0.2, 0.25) is 0 Å². The van der Waals surface area contributed by atoms with Crippen LogP contribution in [0.25, 0.3) is 0 Å². The lowest BCUT2D eigenvalue weighted by atomic mass is 9.53. The average molecular weight is 397 g/mol. The Labute approximate surface area is 173 Å². The van der Waals surface area contributed by atoms with E-state index in [9.17, 15) is 9.59 Å². The van der Waals surface area contributed by atoms with Gasteiger partial charge in [0.2, 0.25) is 5.91 Å². The Morgan fingerprint density at radius 2 is 1.76 bits per heavy atom. The lowest BCUT2D eigenvalue weighted by Crippen LogP contribution is -2.60. The van der Waals surface area contributed by atoms with Crippen molar-refractivity contribution in [3.05, 3.63) is 23.8 Å². The molecule has 0 atom stereocenters. The van der Waals surface area contributed by atoms with Gasteiger partial charge < -0.3 is 15.0 Å². The van der Waals surface area contributed by atoms with Crippen LogP contribution in [0.15, 0.2) is 18.2 Å². The molecule has 1 heterocycles. The topological polar surface area (TPSA) is 58.6 Å². The minimum atomic E-state index is -0.918. The molecule has 4 fully saturated rings. The molecular weight excluding hydrogens is 364 g/mol. The summed E-state index contributed by atoms with van der Waals surface area (Å²) in [6, 6.07) is 5.88. The summed E-state index contributed by atoms with van der Waals surface area (Å²) in [4.78, 5) is 27.7. The summed E-state index contributed by atoms with van der Waals surface area (Å²) in [6.45, 7) is 5.98. The Kier molecular flexibility index (Phi) is 4.24. The second-order valence-electron chi connectivity index (χ2n) is 10.5. The van der Waals surface area contributed by atoms with E-state index in [0.29, 0.717) is 18.7 Å². The number of nitrogens with one attached hydrogen (secondary N) is 1. The maximum absolute atomic E-state index is 13.0. The third kappa shape index (κ3) is 3.32. The molecule has 6 rings (SSSR count). The molecule has 29 heavy (non-hydrogen) atoms. The van der Waals surface area contributed by atoms with Crippen molar-refractivity contribution in [1.82, 2.24) is 5.32 Å². The van der Waals surface area contributed by atoms with Gasteiger partial charge in [-0.3, -0.25) is 9.59 Å². The summed E-state index contributed by atoms with van der Waals surface area (Å²) in [6.07, 6.45) is 7.87. The minimum absolute atomic E-state index is 0.0224. The number of carbonyl (C=O) groups is 2. The van der Waals surface area contributed by atoms with Gasteiger partial charge in [0.25, 0.3) is 5.91 Å². The van der Waals surface area contributed by atoms with Crippen molar-refractivity contribution in [3.63, 3.8) is 0 Å². The zero-order chi connectivity index (χ0) is 20.4. The molecule has 156 valence electrons. The molecule has 0 radical (unpaired) electrons. The molecule has 1 aliphatic heterocycles. The van der Waals surface area contributed by atoms with E-state index in [1.165, 1.54) is 19.3 Å². The van der Waals surface area contributed by atoms with E-state index < -0.39 is 5.60 Å². The standard InChI is InChI=1S/C24H32N2O3/c1-15-4-5-20-19(8-15)26(22(28)23(2,3)29-20)7-6-21(27)25-24-12-16-9-17(13-24)11-18(10-16)14-24/h4-5,8,16-18H,6-7,9-14H2,1-3H3,(H,25,27). The number of ether oxygens (including phenoxy) is 1. The lowest BCUT2D eigenvalue weighted by molar-refractivity contribution is -0.132. The van der Waals surface area contributed by atoms with E-state index in [4.69, 9.17) is 4.74 Å². The van der Waals surface area contributed by atoms with Crippen LogP contribution >= 0.6 is 0 Å². The molecule has 2 amide bonds. The number of benzene rings is 1. The van der Waals surface area contributed by atoms with Crippen LogP contribution in [0.5, 0.6) is 5.75 Å². The van der Waals surface area contributed by atoms with Crippen molar-refractivity contribution in [2.24, 2.45) is 17.8 Å². The highest BCUT2D eigenvalue weighted by atomic mass is 16.5. The first kappa shape index (κ1) is 19.0. The predicted octanol–water partition coefficient (Wildman–Crippen LogP) is 3.97. The second-order valence-corrected chi connectivity index (χ2v) is 10.5. The molecule has 1 aromatic rings. The molecule has 4 bridgehead atoms. The van der Waals surface area contributed by atoms with Crippen molar-refractivity contribution < 1.29 is 14.3 Å². The molecule has 4 saturated carbocycles. The number of anilines is 1. The SMILES string of the molecule is Cc1ccc2c(c1)N(CCC(=O)NC13CC4CC(CC(C4)C1)C3)C(=O)C(C)(C)O2. The normalized spacial score (nSPS) is 34.0. The summed E-state index contributed by atoms with van der Waals surface area (Å²) in [5.41, 5.74) is 0.951. The van der Waals surface area contributed by atoms with Gasteiger partial charge in [0.1, 0.15) is 5.75 Å². The first-order chi connectivity index (χ1) is 13.7. The number of hydrogen-bond acceptors (Lipinski definition) is 3. The molecule has 0 aromatic heterocycles. The average Bonchev–Trinajstić information content (AvgIpc) is 2.61. The summed E-state index contributed by atoms with van der Waals surface area (Å²) >= 11 is 0. The van der Waals surface area contributed by atoms with Crippen LogP contribution in [0.1, 0.15) is 64.4 Å². The van der Waals surface area contributed by atoms with E-state index in [1.807, 2.05) is 25.1 Å². The van der Waals surface area contributed by atoms with Crippen molar-refractivity contribution in [2.75, 3.05) is 11.4 Å². The van der Waals surface area contributed by atoms with Gasteiger partial charge in [0.05, 0.1) is 5.69 Å². The number of aryl methyl sites for hydroxylation is 1. The van der Waals surface area contributed by atoms with E-state index >= 15 is 0 Å². The van der Waals surface area contributed by atoms with Crippen LogP contribution in [0, 0.1) is 24.7 Å². The van der Waals surface area contributed by atoms with E-state index in [2.05, 4.69) is 5.32 Å². The molecular formula is C24H32N2O3. The van der Waals surface area contributed by atoms with E-state index in [-0.39, 0.29) is 17.4 Å². The second kappa shape index (κ2) is 6.48. The first-order valence-corrected chi connectivity index (χ1v) is 11.2.